The predicted octanol–water partition coefficient (Wildman–Crippen LogP) is 4.51. The van der Waals surface area contributed by atoms with E-state index < -0.39 is 0 Å². The van der Waals surface area contributed by atoms with Gasteiger partial charge in [0.15, 0.2) is 0 Å². The maximum Gasteiger partial charge on any atom is 0.269 e. The number of halogens is 1. The quantitative estimate of drug-likeness (QED) is 0.316. The van der Waals surface area contributed by atoms with Gasteiger partial charge in [-0.1, -0.05) is 28.8 Å². The van der Waals surface area contributed by atoms with Gasteiger partial charge in [-0.25, -0.2) is 0 Å². The lowest BCUT2D eigenvalue weighted by molar-refractivity contribution is -0.384. The Morgan fingerprint density at radius 1 is 1.23 bits per heavy atom. The normalized spacial score (nSPS) is 21.5. The summed E-state index contributed by atoms with van der Waals surface area (Å²) in [4.78, 5) is 10.7. The van der Waals surface area contributed by atoms with Crippen LogP contribution in [0, 0.1) is 10.1 Å². The fraction of sp³-hybridized carbons (Fsp3) is 0.625. The first-order valence-corrected chi connectivity index (χ1v) is 8.82. The third-order valence-electron chi connectivity index (χ3n) is 3.93. The molecule has 2 atom stereocenters. The Hall–Kier alpha value is -1.14. The zero-order chi connectivity index (χ0) is 15.8. The summed E-state index contributed by atoms with van der Waals surface area (Å²) >= 11 is 3.70. The van der Waals surface area contributed by atoms with Gasteiger partial charge < -0.3 is 10.1 Å². The second-order valence-corrected chi connectivity index (χ2v) is 6.82. The molecule has 1 saturated carbocycles. The zero-order valence-electron chi connectivity index (χ0n) is 12.7. The van der Waals surface area contributed by atoms with E-state index in [0.717, 1.165) is 38.1 Å². The molecule has 1 aliphatic rings. The minimum absolute atomic E-state index is 0.121. The van der Waals surface area contributed by atoms with Crippen molar-refractivity contribution in [1.82, 2.24) is 0 Å². The van der Waals surface area contributed by atoms with E-state index >= 15 is 0 Å². The Balaban J connectivity index is 1.56. The molecule has 1 fully saturated rings. The maximum atomic E-state index is 10.6. The highest BCUT2D eigenvalue weighted by atomic mass is 79.9. The molecule has 0 heterocycles. The van der Waals surface area contributed by atoms with Gasteiger partial charge in [0.1, 0.15) is 0 Å². The highest BCUT2D eigenvalue weighted by Crippen LogP contribution is 2.27. The first kappa shape index (κ1) is 17.2. The van der Waals surface area contributed by atoms with Gasteiger partial charge in [0, 0.05) is 35.8 Å². The van der Waals surface area contributed by atoms with E-state index in [1.807, 2.05) is 0 Å². The molecular weight excluding hydrogens is 348 g/mol. The number of anilines is 1. The number of nitro benzene ring substituents is 1. The number of nitrogens with zero attached hydrogens (tertiary/aromatic N) is 1. The highest BCUT2D eigenvalue weighted by Gasteiger charge is 2.22. The van der Waals surface area contributed by atoms with Gasteiger partial charge in [-0.05, 0) is 37.8 Å². The second-order valence-electron chi connectivity index (χ2n) is 5.65. The summed E-state index contributed by atoms with van der Waals surface area (Å²) in [6, 6.07) is 6.52. The van der Waals surface area contributed by atoms with Gasteiger partial charge in [-0.3, -0.25) is 10.1 Å². The van der Waals surface area contributed by atoms with Crippen LogP contribution in [0.4, 0.5) is 11.4 Å². The van der Waals surface area contributed by atoms with Crippen LogP contribution >= 0.6 is 15.9 Å². The number of hydrogen-bond donors (Lipinski definition) is 1. The summed E-state index contributed by atoms with van der Waals surface area (Å²) in [5.41, 5.74) is 1.04. The Morgan fingerprint density at radius 2 is 1.95 bits per heavy atom. The van der Waals surface area contributed by atoms with Crippen LogP contribution < -0.4 is 5.32 Å². The van der Waals surface area contributed by atoms with Gasteiger partial charge in [-0.15, -0.1) is 0 Å². The van der Waals surface area contributed by atoms with E-state index in [2.05, 4.69) is 21.2 Å². The number of non-ortho nitro benzene ring substituents is 1. The monoisotopic (exact) mass is 370 g/mol. The molecule has 5 nitrogen and oxygen atoms in total. The van der Waals surface area contributed by atoms with Crippen LogP contribution in [0.15, 0.2) is 24.3 Å². The molecule has 1 aromatic rings. The minimum Gasteiger partial charge on any atom is -0.385 e. The predicted molar refractivity (Wildman–Crippen MR) is 91.7 cm³/mol. The number of unbranched alkanes of at least 4 members (excludes halogenated alkanes) is 1. The molecule has 0 bridgehead atoms. The van der Waals surface area contributed by atoms with Crippen LogP contribution in [0.3, 0.4) is 0 Å². The molecule has 1 aliphatic carbocycles. The molecule has 122 valence electrons. The van der Waals surface area contributed by atoms with Crippen molar-refractivity contribution in [2.24, 2.45) is 0 Å². The SMILES string of the molecule is O=[N+]([O-])c1ccc(NCCCCO[C@H]2CCCC[C@@H]2Br)cc1. The fourth-order valence-corrected chi connectivity index (χ4v) is 3.38. The van der Waals surface area contributed by atoms with E-state index in [9.17, 15) is 10.1 Å². The van der Waals surface area contributed by atoms with E-state index in [-0.39, 0.29) is 10.6 Å². The van der Waals surface area contributed by atoms with Crippen LogP contribution in [0.1, 0.15) is 38.5 Å². The Labute approximate surface area is 139 Å². The van der Waals surface area contributed by atoms with E-state index in [0.29, 0.717) is 10.9 Å². The van der Waals surface area contributed by atoms with Crippen molar-refractivity contribution in [1.29, 1.82) is 0 Å². The number of ether oxygens (including phenoxy) is 1. The third-order valence-corrected chi connectivity index (χ3v) is 4.98. The van der Waals surface area contributed by atoms with Crippen molar-refractivity contribution in [3.63, 3.8) is 0 Å². The largest absolute Gasteiger partial charge is 0.385 e. The Kier molecular flexibility index (Phi) is 7.12. The first-order chi connectivity index (χ1) is 10.7. The summed E-state index contributed by atoms with van der Waals surface area (Å²) < 4.78 is 5.94. The third kappa shape index (κ3) is 5.57. The van der Waals surface area contributed by atoms with Crippen LogP contribution in [0.2, 0.25) is 0 Å². The van der Waals surface area contributed by atoms with E-state index in [4.69, 9.17) is 4.74 Å². The molecular formula is C16H23BrN2O3. The molecule has 0 unspecified atom stereocenters. The van der Waals surface area contributed by atoms with Gasteiger partial charge in [0.2, 0.25) is 0 Å². The lowest BCUT2D eigenvalue weighted by atomic mass is 9.97. The van der Waals surface area contributed by atoms with E-state index in [1.54, 1.807) is 12.1 Å². The number of alkyl halides is 1. The van der Waals surface area contributed by atoms with Crippen LogP contribution in [0.25, 0.3) is 0 Å². The summed E-state index contributed by atoms with van der Waals surface area (Å²) in [5, 5.41) is 13.8. The molecule has 0 radical (unpaired) electrons. The topological polar surface area (TPSA) is 64.4 Å². The number of benzene rings is 1. The number of nitro groups is 1. The lowest BCUT2D eigenvalue weighted by Gasteiger charge is -2.27. The first-order valence-electron chi connectivity index (χ1n) is 7.91. The lowest BCUT2D eigenvalue weighted by Crippen LogP contribution is -2.28. The summed E-state index contributed by atoms with van der Waals surface area (Å²) in [6.45, 7) is 1.65. The smallest absolute Gasteiger partial charge is 0.269 e. The van der Waals surface area contributed by atoms with Gasteiger partial charge in [0.05, 0.1) is 11.0 Å². The van der Waals surface area contributed by atoms with E-state index in [1.165, 1.54) is 31.4 Å². The Morgan fingerprint density at radius 3 is 2.64 bits per heavy atom. The summed E-state index contributed by atoms with van der Waals surface area (Å²) in [5.74, 6) is 0. The van der Waals surface area contributed by atoms with Crippen molar-refractivity contribution in [3.05, 3.63) is 34.4 Å². The number of nitrogens with one attached hydrogen (secondary N) is 1. The number of rotatable bonds is 8. The average molecular weight is 371 g/mol. The van der Waals surface area contributed by atoms with Crippen molar-refractivity contribution >= 4 is 27.3 Å². The molecule has 0 spiro atoms. The maximum absolute atomic E-state index is 10.6. The van der Waals surface area contributed by atoms with Gasteiger partial charge >= 0.3 is 0 Å². The standard InChI is InChI=1S/C16H23BrN2O3/c17-15-5-1-2-6-16(15)22-12-4-3-11-18-13-7-9-14(10-8-13)19(20)21/h7-10,15-16,18H,1-6,11-12H2/t15-,16-/m0/s1. The minimum atomic E-state index is -0.385. The van der Waals surface area contributed by atoms with Crippen molar-refractivity contribution in [2.75, 3.05) is 18.5 Å². The van der Waals surface area contributed by atoms with Crippen molar-refractivity contribution in [3.8, 4) is 0 Å². The van der Waals surface area contributed by atoms with Gasteiger partial charge in [0.25, 0.3) is 5.69 Å². The van der Waals surface area contributed by atoms with Crippen LogP contribution in [-0.2, 0) is 4.74 Å². The molecule has 2 rings (SSSR count). The molecule has 22 heavy (non-hydrogen) atoms. The second kappa shape index (κ2) is 9.10. The van der Waals surface area contributed by atoms with Crippen molar-refractivity contribution < 1.29 is 9.66 Å². The molecule has 1 N–H and O–H groups in total. The Bertz CT molecular complexity index is 467. The number of hydrogen-bond acceptors (Lipinski definition) is 4. The molecule has 0 saturated heterocycles. The summed E-state index contributed by atoms with van der Waals surface area (Å²) in [6.07, 6.45) is 7.37. The summed E-state index contributed by atoms with van der Waals surface area (Å²) in [7, 11) is 0. The van der Waals surface area contributed by atoms with Crippen LogP contribution in [-0.4, -0.2) is 29.0 Å². The highest BCUT2D eigenvalue weighted by molar-refractivity contribution is 9.09. The average Bonchev–Trinajstić information content (AvgIpc) is 2.53. The fourth-order valence-electron chi connectivity index (χ4n) is 2.63. The van der Waals surface area contributed by atoms with Gasteiger partial charge in [-0.2, -0.15) is 0 Å². The van der Waals surface area contributed by atoms with Crippen LogP contribution in [0.5, 0.6) is 0 Å². The molecule has 0 aliphatic heterocycles. The molecule has 1 aromatic carbocycles. The molecule has 6 heteroatoms. The molecule has 0 amide bonds. The zero-order valence-corrected chi connectivity index (χ0v) is 14.3. The molecule has 0 aromatic heterocycles. The van der Waals surface area contributed by atoms with Crippen molar-refractivity contribution in [2.45, 2.75) is 49.5 Å².